The van der Waals surface area contributed by atoms with E-state index in [0.717, 1.165) is 6.07 Å². The van der Waals surface area contributed by atoms with Crippen LogP contribution in [0.4, 0.5) is 8.78 Å². The van der Waals surface area contributed by atoms with Crippen LogP contribution in [0.2, 0.25) is 0 Å². The number of benzene rings is 1. The second-order valence-corrected chi connectivity index (χ2v) is 3.88. The summed E-state index contributed by atoms with van der Waals surface area (Å²) in [6.07, 6.45) is 1.21. The minimum absolute atomic E-state index is 0.132. The van der Waals surface area contributed by atoms with E-state index in [0.29, 0.717) is 17.7 Å². The molecular formula is C13H12F2O2. The highest BCUT2D eigenvalue weighted by Gasteiger charge is 2.12. The summed E-state index contributed by atoms with van der Waals surface area (Å²) in [6.45, 7) is 0. The van der Waals surface area contributed by atoms with E-state index in [1.54, 1.807) is 12.1 Å². The van der Waals surface area contributed by atoms with E-state index in [4.69, 9.17) is 4.42 Å². The molecule has 0 aliphatic heterocycles. The molecule has 1 atom stereocenters. The molecule has 0 bridgehead atoms. The molecule has 0 aliphatic carbocycles. The predicted molar refractivity (Wildman–Crippen MR) is 58.5 cm³/mol. The van der Waals surface area contributed by atoms with Crippen molar-refractivity contribution in [1.82, 2.24) is 0 Å². The summed E-state index contributed by atoms with van der Waals surface area (Å²) in [6, 6.07) is 6.80. The highest BCUT2D eigenvalue weighted by molar-refractivity contribution is 5.19. The van der Waals surface area contributed by atoms with Crippen molar-refractivity contribution in [3.63, 3.8) is 0 Å². The van der Waals surface area contributed by atoms with Crippen LogP contribution in [0.25, 0.3) is 0 Å². The Labute approximate surface area is 97.5 Å². The molecule has 0 saturated heterocycles. The van der Waals surface area contributed by atoms with E-state index in [-0.39, 0.29) is 6.42 Å². The molecule has 2 nitrogen and oxygen atoms in total. The van der Waals surface area contributed by atoms with Gasteiger partial charge in [0.25, 0.3) is 0 Å². The molecule has 1 unspecified atom stereocenters. The quantitative estimate of drug-likeness (QED) is 0.888. The van der Waals surface area contributed by atoms with Crippen LogP contribution in [-0.2, 0) is 12.8 Å². The second-order valence-electron chi connectivity index (χ2n) is 3.88. The number of halogens is 2. The van der Waals surface area contributed by atoms with Crippen molar-refractivity contribution < 1.29 is 18.3 Å². The van der Waals surface area contributed by atoms with Crippen molar-refractivity contribution in [3.8, 4) is 0 Å². The molecular weight excluding hydrogens is 226 g/mol. The van der Waals surface area contributed by atoms with E-state index in [1.165, 1.54) is 18.4 Å². The van der Waals surface area contributed by atoms with Crippen LogP contribution in [0.5, 0.6) is 0 Å². The molecule has 0 amide bonds. The Morgan fingerprint density at radius 1 is 1.18 bits per heavy atom. The molecule has 1 N–H and O–H groups in total. The lowest BCUT2D eigenvalue weighted by Gasteiger charge is -2.09. The van der Waals surface area contributed by atoms with Crippen LogP contribution >= 0.6 is 0 Å². The first-order valence-corrected chi connectivity index (χ1v) is 5.29. The van der Waals surface area contributed by atoms with E-state index < -0.39 is 17.7 Å². The second kappa shape index (κ2) is 5.10. The third kappa shape index (κ3) is 3.14. The molecule has 0 aliphatic rings. The molecule has 2 rings (SSSR count). The van der Waals surface area contributed by atoms with Crippen LogP contribution in [0.3, 0.4) is 0 Å². The number of aliphatic hydroxyl groups is 1. The van der Waals surface area contributed by atoms with Crippen LogP contribution in [0.1, 0.15) is 11.3 Å². The van der Waals surface area contributed by atoms with Gasteiger partial charge in [0, 0.05) is 18.9 Å². The first-order chi connectivity index (χ1) is 8.15. The van der Waals surface area contributed by atoms with E-state index in [1.807, 2.05) is 0 Å². The largest absolute Gasteiger partial charge is 0.469 e. The van der Waals surface area contributed by atoms with Crippen LogP contribution in [0.15, 0.2) is 41.0 Å². The Morgan fingerprint density at radius 3 is 2.65 bits per heavy atom. The normalized spacial score (nSPS) is 12.6. The molecule has 4 heteroatoms. The third-order valence-electron chi connectivity index (χ3n) is 2.49. The van der Waals surface area contributed by atoms with Crippen LogP contribution < -0.4 is 0 Å². The molecule has 0 radical (unpaired) electrons. The first kappa shape index (κ1) is 11.8. The highest BCUT2D eigenvalue weighted by atomic mass is 19.1. The van der Waals surface area contributed by atoms with Gasteiger partial charge in [-0.25, -0.2) is 8.78 Å². The summed E-state index contributed by atoms with van der Waals surface area (Å²) < 4.78 is 31.1. The number of hydrogen-bond donors (Lipinski definition) is 1. The zero-order valence-corrected chi connectivity index (χ0v) is 9.07. The van der Waals surface area contributed by atoms with Gasteiger partial charge in [0.2, 0.25) is 0 Å². The fourth-order valence-electron chi connectivity index (χ4n) is 1.67. The van der Waals surface area contributed by atoms with Gasteiger partial charge in [-0.2, -0.15) is 0 Å². The molecule has 0 spiro atoms. The topological polar surface area (TPSA) is 33.4 Å². The summed E-state index contributed by atoms with van der Waals surface area (Å²) in [5, 5.41) is 9.75. The molecule has 1 aromatic carbocycles. The fraction of sp³-hybridized carbons (Fsp3) is 0.231. The Bertz CT molecular complexity index is 480. The standard InChI is InChI=1S/C13H12F2O2/c14-10-4-3-9(13(15)7-10)6-11(16)8-12-2-1-5-17-12/h1-5,7,11,16H,6,8H2. The highest BCUT2D eigenvalue weighted by Crippen LogP contribution is 2.14. The Morgan fingerprint density at radius 2 is 2.00 bits per heavy atom. The SMILES string of the molecule is OC(Cc1ccco1)Cc1ccc(F)cc1F. The van der Waals surface area contributed by atoms with Gasteiger partial charge >= 0.3 is 0 Å². The van der Waals surface area contributed by atoms with Gasteiger partial charge in [0.15, 0.2) is 0 Å². The molecule has 0 saturated carbocycles. The number of rotatable bonds is 4. The van der Waals surface area contributed by atoms with Gasteiger partial charge in [0.05, 0.1) is 12.4 Å². The summed E-state index contributed by atoms with van der Waals surface area (Å²) in [7, 11) is 0. The minimum Gasteiger partial charge on any atom is -0.469 e. The predicted octanol–water partition coefficient (Wildman–Crippen LogP) is 2.70. The fourth-order valence-corrected chi connectivity index (χ4v) is 1.67. The van der Waals surface area contributed by atoms with Crippen LogP contribution in [-0.4, -0.2) is 11.2 Å². The lowest BCUT2D eigenvalue weighted by atomic mass is 10.0. The van der Waals surface area contributed by atoms with Crippen molar-refractivity contribution >= 4 is 0 Å². The Balaban J connectivity index is 2.00. The van der Waals surface area contributed by atoms with Crippen LogP contribution in [0, 0.1) is 11.6 Å². The summed E-state index contributed by atoms with van der Waals surface area (Å²) in [5.41, 5.74) is 0.297. The van der Waals surface area contributed by atoms with Gasteiger partial charge < -0.3 is 9.52 Å². The van der Waals surface area contributed by atoms with Crippen molar-refractivity contribution in [3.05, 3.63) is 59.6 Å². The third-order valence-corrected chi connectivity index (χ3v) is 2.49. The lowest BCUT2D eigenvalue weighted by Crippen LogP contribution is -2.14. The Hall–Kier alpha value is -1.68. The van der Waals surface area contributed by atoms with Crippen molar-refractivity contribution in [2.45, 2.75) is 18.9 Å². The zero-order valence-electron chi connectivity index (χ0n) is 9.07. The molecule has 2 aromatic rings. The minimum atomic E-state index is -0.749. The maximum absolute atomic E-state index is 13.3. The molecule has 90 valence electrons. The van der Waals surface area contributed by atoms with Crippen molar-refractivity contribution in [1.29, 1.82) is 0 Å². The average Bonchev–Trinajstić information content (AvgIpc) is 2.75. The van der Waals surface area contributed by atoms with Gasteiger partial charge in [-0.1, -0.05) is 6.07 Å². The molecule has 17 heavy (non-hydrogen) atoms. The lowest BCUT2D eigenvalue weighted by molar-refractivity contribution is 0.166. The maximum Gasteiger partial charge on any atom is 0.129 e. The Kier molecular flexibility index (Phi) is 3.54. The molecule has 0 fully saturated rings. The maximum atomic E-state index is 13.3. The number of aliphatic hydroxyl groups excluding tert-OH is 1. The molecule has 1 heterocycles. The number of furan rings is 1. The van der Waals surface area contributed by atoms with Gasteiger partial charge in [-0.3, -0.25) is 0 Å². The average molecular weight is 238 g/mol. The van der Waals surface area contributed by atoms with Crippen molar-refractivity contribution in [2.75, 3.05) is 0 Å². The zero-order chi connectivity index (χ0) is 12.3. The van der Waals surface area contributed by atoms with Gasteiger partial charge in [-0.15, -0.1) is 0 Å². The smallest absolute Gasteiger partial charge is 0.129 e. The van der Waals surface area contributed by atoms with E-state index in [9.17, 15) is 13.9 Å². The summed E-state index contributed by atoms with van der Waals surface area (Å²) >= 11 is 0. The number of hydrogen-bond acceptors (Lipinski definition) is 2. The van der Waals surface area contributed by atoms with E-state index in [2.05, 4.69) is 0 Å². The summed E-state index contributed by atoms with van der Waals surface area (Å²) in [4.78, 5) is 0. The van der Waals surface area contributed by atoms with Crippen molar-refractivity contribution in [2.24, 2.45) is 0 Å². The first-order valence-electron chi connectivity index (χ1n) is 5.29. The summed E-state index contributed by atoms with van der Waals surface area (Å²) in [5.74, 6) is -0.615. The van der Waals surface area contributed by atoms with Gasteiger partial charge in [0.1, 0.15) is 17.4 Å². The monoisotopic (exact) mass is 238 g/mol. The van der Waals surface area contributed by atoms with E-state index >= 15 is 0 Å². The van der Waals surface area contributed by atoms with Gasteiger partial charge in [-0.05, 0) is 23.8 Å². The molecule has 1 aromatic heterocycles.